The van der Waals surface area contributed by atoms with E-state index in [9.17, 15) is 8.78 Å². The van der Waals surface area contributed by atoms with Gasteiger partial charge in [-0.2, -0.15) is 5.10 Å². The molecular formula is C8H4BrClF2N2. The van der Waals surface area contributed by atoms with Crippen LogP contribution in [0, 0.1) is 0 Å². The summed E-state index contributed by atoms with van der Waals surface area (Å²) in [6.45, 7) is 0. The molecule has 0 aliphatic carbocycles. The molecule has 1 aromatic heterocycles. The second-order valence-corrected chi connectivity index (χ2v) is 3.97. The Kier molecular flexibility index (Phi) is 2.45. The lowest BCUT2D eigenvalue weighted by atomic mass is 10.1. The minimum atomic E-state index is -2.61. The number of aromatic nitrogens is 2. The Balaban J connectivity index is 2.86. The van der Waals surface area contributed by atoms with E-state index < -0.39 is 6.43 Å². The fourth-order valence-corrected chi connectivity index (χ4v) is 2.22. The summed E-state index contributed by atoms with van der Waals surface area (Å²) >= 11 is 8.92. The average molecular weight is 281 g/mol. The number of rotatable bonds is 1. The van der Waals surface area contributed by atoms with Crippen LogP contribution in [0.3, 0.4) is 0 Å². The molecule has 6 heteroatoms. The number of benzene rings is 1. The van der Waals surface area contributed by atoms with Crippen molar-refractivity contribution < 1.29 is 8.78 Å². The molecule has 0 bridgehead atoms. The fraction of sp³-hybridized carbons (Fsp3) is 0.125. The lowest BCUT2D eigenvalue weighted by molar-refractivity contribution is 0.153. The van der Waals surface area contributed by atoms with Crippen molar-refractivity contribution in [3.63, 3.8) is 0 Å². The molecule has 0 amide bonds. The highest BCUT2D eigenvalue weighted by atomic mass is 79.9. The monoisotopic (exact) mass is 280 g/mol. The molecule has 2 nitrogen and oxygen atoms in total. The minimum Gasteiger partial charge on any atom is -0.277 e. The van der Waals surface area contributed by atoms with Crippen molar-refractivity contribution in [1.29, 1.82) is 0 Å². The van der Waals surface area contributed by atoms with Crippen LogP contribution in [0.4, 0.5) is 8.78 Å². The second kappa shape index (κ2) is 3.47. The second-order valence-electron chi connectivity index (χ2n) is 2.71. The molecule has 0 saturated carbocycles. The summed E-state index contributed by atoms with van der Waals surface area (Å²) in [4.78, 5) is 0. The van der Waals surface area contributed by atoms with Gasteiger partial charge in [0.1, 0.15) is 0 Å². The lowest BCUT2D eigenvalue weighted by Crippen LogP contribution is -1.89. The van der Waals surface area contributed by atoms with Crippen molar-refractivity contribution in [2.75, 3.05) is 0 Å². The Bertz CT molecular complexity index is 483. The van der Waals surface area contributed by atoms with Crippen LogP contribution in [0.1, 0.15) is 12.0 Å². The quantitative estimate of drug-likeness (QED) is 0.843. The first-order chi connectivity index (χ1) is 6.61. The van der Waals surface area contributed by atoms with E-state index in [1.54, 1.807) is 0 Å². The number of hydrogen-bond donors (Lipinski definition) is 1. The summed E-state index contributed by atoms with van der Waals surface area (Å²) in [6, 6.07) is 1.45. The summed E-state index contributed by atoms with van der Waals surface area (Å²) < 4.78 is 25.9. The smallest absolute Gasteiger partial charge is 0.267 e. The Labute approximate surface area is 91.4 Å². The van der Waals surface area contributed by atoms with E-state index in [4.69, 9.17) is 11.6 Å². The minimum absolute atomic E-state index is 0.0311. The van der Waals surface area contributed by atoms with Gasteiger partial charge in [-0.1, -0.05) is 11.6 Å². The Morgan fingerprint density at radius 1 is 1.50 bits per heavy atom. The molecule has 1 heterocycles. The molecule has 0 radical (unpaired) electrons. The zero-order chi connectivity index (χ0) is 10.3. The lowest BCUT2D eigenvalue weighted by Gasteiger charge is -2.05. The van der Waals surface area contributed by atoms with Crippen LogP contribution < -0.4 is 0 Å². The van der Waals surface area contributed by atoms with Crippen LogP contribution in [0.2, 0.25) is 5.02 Å². The standard InChI is InChI=1S/C8H4BrClF2N2/c9-4-1-5(10)6(8(11)12)7-3(4)2-13-14-7/h1-2,8H,(H,13,14). The highest BCUT2D eigenvalue weighted by Crippen LogP contribution is 2.36. The van der Waals surface area contributed by atoms with Gasteiger partial charge in [0, 0.05) is 9.86 Å². The number of alkyl halides is 2. The number of nitrogens with zero attached hydrogens (tertiary/aromatic N) is 1. The van der Waals surface area contributed by atoms with Crippen LogP contribution in [0.25, 0.3) is 10.9 Å². The van der Waals surface area contributed by atoms with E-state index in [0.29, 0.717) is 9.86 Å². The van der Waals surface area contributed by atoms with Gasteiger partial charge in [-0.3, -0.25) is 5.10 Å². The zero-order valence-corrected chi connectivity index (χ0v) is 9.03. The summed E-state index contributed by atoms with van der Waals surface area (Å²) in [5.41, 5.74) is 0.0711. The van der Waals surface area contributed by atoms with Gasteiger partial charge in [0.05, 0.1) is 22.3 Å². The highest BCUT2D eigenvalue weighted by Gasteiger charge is 2.18. The Morgan fingerprint density at radius 2 is 2.21 bits per heavy atom. The van der Waals surface area contributed by atoms with E-state index in [2.05, 4.69) is 26.1 Å². The predicted molar refractivity (Wildman–Crippen MR) is 53.8 cm³/mol. The van der Waals surface area contributed by atoms with Crippen LogP contribution in [-0.2, 0) is 0 Å². The highest BCUT2D eigenvalue weighted by molar-refractivity contribution is 9.10. The third kappa shape index (κ3) is 1.40. The summed E-state index contributed by atoms with van der Waals surface area (Å²) in [7, 11) is 0. The maximum Gasteiger partial charge on any atom is 0.267 e. The molecule has 74 valence electrons. The van der Waals surface area contributed by atoms with E-state index in [0.717, 1.165) is 0 Å². The Hall–Kier alpha value is -0.680. The van der Waals surface area contributed by atoms with Gasteiger partial charge in [0.15, 0.2) is 0 Å². The summed E-state index contributed by atoms with van der Waals surface area (Å²) in [5.74, 6) is 0. The number of halogens is 4. The van der Waals surface area contributed by atoms with Gasteiger partial charge in [-0.25, -0.2) is 8.78 Å². The molecule has 1 N–H and O–H groups in total. The van der Waals surface area contributed by atoms with Crippen molar-refractivity contribution in [1.82, 2.24) is 10.2 Å². The third-order valence-electron chi connectivity index (χ3n) is 1.89. The molecule has 0 saturated heterocycles. The number of fused-ring (bicyclic) bond motifs is 1. The molecule has 2 aromatic rings. The van der Waals surface area contributed by atoms with Gasteiger partial charge in [-0.15, -0.1) is 0 Å². The predicted octanol–water partition coefficient (Wildman–Crippen LogP) is 3.92. The van der Waals surface area contributed by atoms with Crippen LogP contribution in [-0.4, -0.2) is 10.2 Å². The van der Waals surface area contributed by atoms with Gasteiger partial charge in [0.2, 0.25) is 0 Å². The topological polar surface area (TPSA) is 28.7 Å². The van der Waals surface area contributed by atoms with E-state index >= 15 is 0 Å². The molecule has 0 atom stereocenters. The first-order valence-corrected chi connectivity index (χ1v) is 4.87. The summed E-state index contributed by atoms with van der Waals surface area (Å²) in [5, 5.41) is 6.84. The first-order valence-electron chi connectivity index (χ1n) is 3.70. The van der Waals surface area contributed by atoms with Crippen molar-refractivity contribution >= 4 is 38.4 Å². The van der Waals surface area contributed by atoms with E-state index in [-0.39, 0.29) is 16.1 Å². The number of nitrogens with one attached hydrogen (secondary N) is 1. The molecule has 0 aliphatic rings. The largest absolute Gasteiger partial charge is 0.277 e. The number of hydrogen-bond acceptors (Lipinski definition) is 1. The molecule has 0 aliphatic heterocycles. The molecular weight excluding hydrogens is 277 g/mol. The van der Waals surface area contributed by atoms with Crippen LogP contribution in [0.15, 0.2) is 16.7 Å². The fourth-order valence-electron chi connectivity index (χ4n) is 1.27. The normalized spacial score (nSPS) is 11.5. The maximum atomic E-state index is 12.6. The van der Waals surface area contributed by atoms with Crippen LogP contribution in [0.5, 0.6) is 0 Å². The van der Waals surface area contributed by atoms with Crippen molar-refractivity contribution in [2.45, 2.75) is 6.43 Å². The first kappa shape index (κ1) is 9.86. The summed E-state index contributed by atoms with van der Waals surface area (Å²) in [6.07, 6.45) is -1.14. The van der Waals surface area contributed by atoms with Crippen molar-refractivity contribution in [2.24, 2.45) is 0 Å². The number of H-pyrrole nitrogens is 1. The molecule has 14 heavy (non-hydrogen) atoms. The van der Waals surface area contributed by atoms with E-state index in [1.807, 2.05) is 0 Å². The van der Waals surface area contributed by atoms with Crippen LogP contribution >= 0.6 is 27.5 Å². The van der Waals surface area contributed by atoms with Gasteiger partial charge < -0.3 is 0 Å². The average Bonchev–Trinajstić information content (AvgIpc) is 2.51. The number of aromatic amines is 1. The van der Waals surface area contributed by atoms with Crippen molar-refractivity contribution in [3.05, 3.63) is 27.3 Å². The molecule has 0 unspecified atom stereocenters. The van der Waals surface area contributed by atoms with Gasteiger partial charge in [-0.05, 0) is 22.0 Å². The molecule has 1 aromatic carbocycles. The molecule has 0 spiro atoms. The van der Waals surface area contributed by atoms with Gasteiger partial charge in [0.25, 0.3) is 6.43 Å². The Morgan fingerprint density at radius 3 is 2.86 bits per heavy atom. The SMILES string of the molecule is FC(F)c1c(Cl)cc(Br)c2cn[nH]c12. The third-order valence-corrected chi connectivity index (χ3v) is 2.86. The van der Waals surface area contributed by atoms with E-state index in [1.165, 1.54) is 12.3 Å². The molecule has 0 fully saturated rings. The molecule has 2 rings (SSSR count). The van der Waals surface area contributed by atoms with Crippen molar-refractivity contribution in [3.8, 4) is 0 Å². The zero-order valence-electron chi connectivity index (χ0n) is 6.69. The van der Waals surface area contributed by atoms with Gasteiger partial charge >= 0.3 is 0 Å². The maximum absolute atomic E-state index is 12.6.